The Labute approximate surface area is 54.9 Å². The molecule has 0 spiro atoms. The Hall–Kier alpha value is -0.240. The van der Waals surface area contributed by atoms with Gasteiger partial charge in [-0.05, 0) is 0 Å². The van der Waals surface area contributed by atoms with Gasteiger partial charge in [-0.1, -0.05) is 20.4 Å². The zero-order chi connectivity index (χ0) is 6.41. The summed E-state index contributed by atoms with van der Waals surface area (Å²) in [5, 5.41) is 0. The average molecular weight is 129 g/mol. The van der Waals surface area contributed by atoms with Gasteiger partial charge in [-0.15, -0.1) is 11.8 Å². The summed E-state index contributed by atoms with van der Waals surface area (Å²) in [6.45, 7) is 7.64. The molecule has 0 aromatic carbocycles. The zero-order valence-electron chi connectivity index (χ0n) is 5.35. The first-order valence-corrected chi connectivity index (χ1v) is 3.76. The molecule has 1 nitrogen and oxygen atoms in total. The number of hydrogen-bond acceptors (Lipinski definition) is 2. The third-order valence-corrected chi connectivity index (χ3v) is 1.31. The van der Waals surface area contributed by atoms with Gasteiger partial charge in [0.2, 0.25) is 0 Å². The lowest BCUT2D eigenvalue weighted by molar-refractivity contribution is 1.39. The molecule has 0 amide bonds. The van der Waals surface area contributed by atoms with Crippen LogP contribution in [0.3, 0.4) is 0 Å². The van der Waals surface area contributed by atoms with Gasteiger partial charge < -0.3 is 0 Å². The lowest BCUT2D eigenvalue weighted by Gasteiger charge is -1.76. The normalized spacial score (nSPS) is 15.5. The van der Waals surface area contributed by atoms with Crippen LogP contribution >= 0.6 is 11.8 Å². The smallest absolute Gasteiger partial charge is 0.0603 e. The Balaban J connectivity index is 0.000000222. The molecule has 0 fully saturated rings. The number of rotatable bonds is 0. The number of nitrogens with zero attached hydrogens (tertiary/aromatic N) is 1. The van der Waals surface area contributed by atoms with E-state index in [1.165, 1.54) is 0 Å². The van der Waals surface area contributed by atoms with Crippen LogP contribution in [0.1, 0.15) is 13.8 Å². The molecular weight excluding hydrogens is 118 g/mol. The second-order valence-electron chi connectivity index (χ2n) is 1.11. The molecule has 0 radical (unpaired) electrons. The zero-order valence-corrected chi connectivity index (χ0v) is 6.16. The molecule has 1 heterocycles. The predicted octanol–water partition coefficient (Wildman–Crippen LogP) is 2.30. The van der Waals surface area contributed by atoms with Crippen molar-refractivity contribution in [3.8, 4) is 0 Å². The van der Waals surface area contributed by atoms with Crippen molar-refractivity contribution in [1.29, 1.82) is 0 Å². The molecule has 0 atom stereocenters. The first-order valence-electron chi connectivity index (χ1n) is 2.71. The maximum absolute atomic E-state index is 3.88. The summed E-state index contributed by atoms with van der Waals surface area (Å²) in [4.78, 5) is 3.88. The van der Waals surface area contributed by atoms with Crippen LogP contribution in [-0.4, -0.2) is 11.3 Å². The van der Waals surface area contributed by atoms with E-state index < -0.39 is 0 Å². The molecule has 1 aliphatic heterocycles. The van der Waals surface area contributed by atoms with Crippen LogP contribution in [0.4, 0.5) is 0 Å². The first-order chi connectivity index (χ1) is 3.89. The third kappa shape index (κ3) is 2.86. The summed E-state index contributed by atoms with van der Waals surface area (Å²) in [7, 11) is 0. The fourth-order valence-corrected chi connectivity index (χ4v) is 0.848. The molecule has 1 rings (SSSR count). The van der Waals surface area contributed by atoms with E-state index in [0.29, 0.717) is 0 Å². The van der Waals surface area contributed by atoms with Crippen molar-refractivity contribution < 1.29 is 0 Å². The van der Waals surface area contributed by atoms with Gasteiger partial charge in [0.1, 0.15) is 0 Å². The van der Waals surface area contributed by atoms with Crippen molar-refractivity contribution in [1.82, 2.24) is 0 Å². The lowest BCUT2D eigenvalue weighted by Crippen LogP contribution is -1.65. The van der Waals surface area contributed by atoms with Crippen molar-refractivity contribution in [2.24, 2.45) is 4.99 Å². The second kappa shape index (κ2) is 4.91. The number of hydrogen-bond donors (Lipinski definition) is 0. The monoisotopic (exact) mass is 129 g/mol. The molecule has 8 heavy (non-hydrogen) atoms. The van der Waals surface area contributed by atoms with Gasteiger partial charge in [-0.2, -0.15) is 0 Å². The van der Waals surface area contributed by atoms with Crippen LogP contribution in [0.15, 0.2) is 17.3 Å². The van der Waals surface area contributed by atoms with Crippen molar-refractivity contribution in [2.75, 3.05) is 5.75 Å². The van der Waals surface area contributed by atoms with Crippen molar-refractivity contribution >= 4 is 17.3 Å². The highest BCUT2D eigenvalue weighted by Crippen LogP contribution is 2.11. The minimum absolute atomic E-state index is 0.986. The Bertz CT molecular complexity index is 96.7. The van der Waals surface area contributed by atoms with Crippen LogP contribution in [0.5, 0.6) is 0 Å². The highest BCUT2D eigenvalue weighted by molar-refractivity contribution is 8.12. The summed E-state index contributed by atoms with van der Waals surface area (Å²) in [6, 6.07) is 0. The minimum Gasteiger partial charge on any atom is -0.254 e. The predicted molar refractivity (Wildman–Crippen MR) is 41.4 cm³/mol. The summed E-state index contributed by atoms with van der Waals surface area (Å²) in [5.74, 6) is 0.986. The largest absolute Gasteiger partial charge is 0.254 e. The molecule has 46 valence electrons. The SMILES string of the molecule is C=C1CSC=N1.CC. The van der Waals surface area contributed by atoms with Crippen LogP contribution in [0.2, 0.25) is 0 Å². The molecule has 0 saturated heterocycles. The average Bonchev–Trinajstić information content (AvgIpc) is 2.24. The van der Waals surface area contributed by atoms with E-state index in [1.54, 1.807) is 11.8 Å². The van der Waals surface area contributed by atoms with E-state index in [0.717, 1.165) is 11.4 Å². The van der Waals surface area contributed by atoms with Gasteiger partial charge in [0.05, 0.1) is 5.55 Å². The van der Waals surface area contributed by atoms with E-state index >= 15 is 0 Å². The maximum atomic E-state index is 3.88. The minimum atomic E-state index is 0.986. The second-order valence-corrected chi connectivity index (χ2v) is 1.94. The lowest BCUT2D eigenvalue weighted by atomic mass is 10.6. The van der Waals surface area contributed by atoms with Gasteiger partial charge in [-0.3, -0.25) is 4.99 Å². The molecular formula is C6H11NS. The van der Waals surface area contributed by atoms with Crippen LogP contribution in [0, 0.1) is 0 Å². The first kappa shape index (κ1) is 7.76. The summed E-state index contributed by atoms with van der Waals surface area (Å²) in [6.07, 6.45) is 0. The highest BCUT2D eigenvalue weighted by atomic mass is 32.2. The molecule has 0 bridgehead atoms. The summed E-state index contributed by atoms with van der Waals surface area (Å²) < 4.78 is 0. The van der Waals surface area contributed by atoms with Gasteiger partial charge in [0.15, 0.2) is 0 Å². The number of aliphatic imine (C=N–C) groups is 1. The van der Waals surface area contributed by atoms with E-state index in [4.69, 9.17) is 0 Å². The molecule has 0 aromatic rings. The molecule has 0 saturated carbocycles. The van der Waals surface area contributed by atoms with E-state index in [-0.39, 0.29) is 0 Å². The fourth-order valence-electron chi connectivity index (χ4n) is 0.283. The molecule has 0 aromatic heterocycles. The van der Waals surface area contributed by atoms with E-state index in [2.05, 4.69) is 11.6 Å². The molecule has 2 heteroatoms. The van der Waals surface area contributed by atoms with Crippen LogP contribution in [0.25, 0.3) is 0 Å². The van der Waals surface area contributed by atoms with Crippen molar-refractivity contribution in [3.05, 3.63) is 12.3 Å². The van der Waals surface area contributed by atoms with E-state index in [1.807, 2.05) is 19.4 Å². The third-order valence-electron chi connectivity index (χ3n) is 0.560. The fraction of sp³-hybridized carbons (Fsp3) is 0.500. The topological polar surface area (TPSA) is 12.4 Å². The van der Waals surface area contributed by atoms with E-state index in [9.17, 15) is 0 Å². The summed E-state index contributed by atoms with van der Waals surface area (Å²) >= 11 is 1.69. The number of thioether (sulfide) groups is 1. The van der Waals surface area contributed by atoms with Crippen molar-refractivity contribution in [2.45, 2.75) is 13.8 Å². The molecule has 0 aliphatic carbocycles. The van der Waals surface area contributed by atoms with Gasteiger partial charge >= 0.3 is 0 Å². The summed E-state index contributed by atoms with van der Waals surface area (Å²) in [5.41, 5.74) is 2.81. The highest BCUT2D eigenvalue weighted by Gasteiger charge is 1.93. The standard InChI is InChI=1S/C4H5NS.C2H6/c1-4-2-6-3-5-4;1-2/h3H,1-2H2;1-2H3. The quantitative estimate of drug-likeness (QED) is 0.489. The molecule has 0 N–H and O–H groups in total. The van der Waals surface area contributed by atoms with Crippen LogP contribution in [-0.2, 0) is 0 Å². The molecule has 1 aliphatic rings. The Morgan fingerprint density at radius 2 is 2.38 bits per heavy atom. The Morgan fingerprint density at radius 3 is 2.50 bits per heavy atom. The Kier molecular flexibility index (Phi) is 4.76. The van der Waals surface area contributed by atoms with Crippen molar-refractivity contribution in [3.63, 3.8) is 0 Å². The van der Waals surface area contributed by atoms with Crippen LogP contribution < -0.4 is 0 Å². The maximum Gasteiger partial charge on any atom is 0.0603 e. The Morgan fingerprint density at radius 1 is 1.75 bits per heavy atom. The molecule has 0 unspecified atom stereocenters. The van der Waals surface area contributed by atoms with Gasteiger partial charge in [-0.25, -0.2) is 0 Å². The van der Waals surface area contributed by atoms with Gasteiger partial charge in [0, 0.05) is 11.4 Å². The van der Waals surface area contributed by atoms with Gasteiger partial charge in [0.25, 0.3) is 0 Å².